The maximum atomic E-state index is 10.6. The third-order valence-corrected chi connectivity index (χ3v) is 9.18. The van der Waals surface area contributed by atoms with Crippen molar-refractivity contribution >= 4 is 0 Å². The molecule has 0 aliphatic heterocycles. The molecule has 2 N–H and O–H groups in total. The average molecular weight is 306 g/mol. The number of aliphatic hydroxyl groups excluding tert-OH is 2. The molecule has 0 bridgehead atoms. The van der Waals surface area contributed by atoms with Crippen molar-refractivity contribution in [2.45, 2.75) is 90.8 Å². The molecule has 126 valence electrons. The third-order valence-electron chi connectivity index (χ3n) is 9.18. The number of aliphatic hydroxyl groups is 2. The summed E-state index contributed by atoms with van der Waals surface area (Å²) in [6.07, 6.45) is 10.5. The van der Waals surface area contributed by atoms with E-state index in [0.29, 0.717) is 16.7 Å². The Labute approximate surface area is 135 Å². The van der Waals surface area contributed by atoms with Gasteiger partial charge < -0.3 is 10.2 Å². The lowest BCUT2D eigenvalue weighted by atomic mass is 9.40. The first-order chi connectivity index (χ1) is 10.3. The van der Waals surface area contributed by atoms with Gasteiger partial charge in [-0.1, -0.05) is 20.8 Å². The minimum atomic E-state index is -0.0750. The zero-order chi connectivity index (χ0) is 15.8. The van der Waals surface area contributed by atoms with E-state index in [9.17, 15) is 10.2 Å². The van der Waals surface area contributed by atoms with Crippen LogP contribution in [-0.4, -0.2) is 22.4 Å². The van der Waals surface area contributed by atoms with Gasteiger partial charge in [0, 0.05) is 0 Å². The van der Waals surface area contributed by atoms with E-state index in [1.54, 1.807) is 0 Å². The van der Waals surface area contributed by atoms with E-state index < -0.39 is 0 Å². The lowest BCUT2D eigenvalue weighted by molar-refractivity contribution is -0.179. The Morgan fingerprint density at radius 1 is 0.682 bits per heavy atom. The average Bonchev–Trinajstić information content (AvgIpc) is 2.77. The minimum Gasteiger partial charge on any atom is -0.393 e. The predicted octanol–water partition coefficient (Wildman–Crippen LogP) is 4.14. The van der Waals surface area contributed by atoms with E-state index in [2.05, 4.69) is 20.8 Å². The molecular formula is C20H34O2. The molecule has 4 rings (SSSR count). The molecule has 0 saturated heterocycles. The zero-order valence-corrected chi connectivity index (χ0v) is 14.6. The highest BCUT2D eigenvalue weighted by molar-refractivity contribution is 5.14. The topological polar surface area (TPSA) is 40.5 Å². The lowest BCUT2D eigenvalue weighted by Crippen LogP contribution is -2.59. The van der Waals surface area contributed by atoms with Crippen molar-refractivity contribution < 1.29 is 10.2 Å². The fraction of sp³-hybridized carbons (Fsp3) is 1.00. The Balaban J connectivity index is 1.69. The Hall–Kier alpha value is -0.0800. The summed E-state index contributed by atoms with van der Waals surface area (Å²) in [4.78, 5) is 0. The second-order valence-electron chi connectivity index (χ2n) is 9.92. The van der Waals surface area contributed by atoms with Gasteiger partial charge >= 0.3 is 0 Å². The van der Waals surface area contributed by atoms with Gasteiger partial charge in [0.05, 0.1) is 12.2 Å². The van der Waals surface area contributed by atoms with Crippen LogP contribution in [0.2, 0.25) is 0 Å². The number of hydrogen-bond donors (Lipinski definition) is 2. The standard InChI is InChI=1S/C20H34O2/c1-18-10-7-14(21)12-13(18)6-9-19(2)15-4-5-17(22)20(15,3)11-8-16(18)19/h13-17,21-22H,4-12H2,1-3H3/t13-,14-,15-,16+,17-,18-,19-,20-/m0/s1. The molecule has 0 aromatic heterocycles. The first-order valence-electron chi connectivity index (χ1n) is 9.67. The SMILES string of the molecule is C[C@@]12CC[C@H]3C[C@@H](O)CC[C@]3(C)[C@H]1CC[C@@]1(C)[C@H]2CC[C@@H]1O. The summed E-state index contributed by atoms with van der Waals surface area (Å²) in [5.41, 5.74) is 1.02. The van der Waals surface area contributed by atoms with Gasteiger partial charge in [-0.05, 0) is 91.8 Å². The van der Waals surface area contributed by atoms with Crippen molar-refractivity contribution in [3.8, 4) is 0 Å². The maximum absolute atomic E-state index is 10.6. The van der Waals surface area contributed by atoms with Crippen molar-refractivity contribution in [3.63, 3.8) is 0 Å². The monoisotopic (exact) mass is 306 g/mol. The van der Waals surface area contributed by atoms with E-state index in [4.69, 9.17) is 0 Å². The van der Waals surface area contributed by atoms with E-state index in [1.807, 2.05) is 0 Å². The van der Waals surface area contributed by atoms with E-state index in [0.717, 1.165) is 31.1 Å². The van der Waals surface area contributed by atoms with Crippen LogP contribution in [0.4, 0.5) is 0 Å². The normalized spacial score (nSPS) is 61.2. The molecule has 22 heavy (non-hydrogen) atoms. The highest BCUT2D eigenvalue weighted by Gasteiger charge is 2.64. The Morgan fingerprint density at radius 3 is 2.09 bits per heavy atom. The molecule has 8 atom stereocenters. The van der Waals surface area contributed by atoms with Gasteiger partial charge in [0.2, 0.25) is 0 Å². The summed E-state index contributed by atoms with van der Waals surface area (Å²) in [5, 5.41) is 20.7. The molecule has 2 heteroatoms. The van der Waals surface area contributed by atoms with Crippen molar-refractivity contribution in [3.05, 3.63) is 0 Å². The molecule has 0 radical (unpaired) electrons. The number of rotatable bonds is 0. The molecule has 4 aliphatic rings. The molecule has 0 spiro atoms. The predicted molar refractivity (Wildman–Crippen MR) is 88.4 cm³/mol. The molecular weight excluding hydrogens is 272 g/mol. The minimum absolute atomic E-state index is 0.0513. The quantitative estimate of drug-likeness (QED) is 0.706. The first-order valence-corrected chi connectivity index (χ1v) is 9.67. The summed E-state index contributed by atoms with van der Waals surface area (Å²) in [6.45, 7) is 7.47. The smallest absolute Gasteiger partial charge is 0.0596 e. The van der Waals surface area contributed by atoms with Gasteiger partial charge in [-0.3, -0.25) is 0 Å². The second kappa shape index (κ2) is 4.72. The fourth-order valence-corrected chi connectivity index (χ4v) is 7.89. The summed E-state index contributed by atoms with van der Waals surface area (Å²) in [6, 6.07) is 0. The molecule has 0 amide bonds. The molecule has 4 aliphatic carbocycles. The van der Waals surface area contributed by atoms with E-state index in [1.165, 1.54) is 38.5 Å². The second-order valence-corrected chi connectivity index (χ2v) is 9.92. The van der Waals surface area contributed by atoms with Crippen LogP contribution in [-0.2, 0) is 0 Å². The fourth-order valence-electron chi connectivity index (χ4n) is 7.89. The highest BCUT2D eigenvalue weighted by atomic mass is 16.3. The van der Waals surface area contributed by atoms with E-state index >= 15 is 0 Å². The Bertz CT molecular complexity index is 463. The van der Waals surface area contributed by atoms with Crippen molar-refractivity contribution in [1.82, 2.24) is 0 Å². The molecule has 0 unspecified atom stereocenters. The van der Waals surface area contributed by atoms with Gasteiger partial charge in [-0.25, -0.2) is 0 Å². The van der Waals surface area contributed by atoms with E-state index in [-0.39, 0.29) is 17.6 Å². The molecule has 0 aromatic carbocycles. The summed E-state index contributed by atoms with van der Waals surface area (Å²) in [5.74, 6) is 2.23. The van der Waals surface area contributed by atoms with Gasteiger partial charge in [0.1, 0.15) is 0 Å². The van der Waals surface area contributed by atoms with Crippen LogP contribution in [0.3, 0.4) is 0 Å². The summed E-state index contributed by atoms with van der Waals surface area (Å²) >= 11 is 0. The Kier molecular flexibility index (Phi) is 3.32. The van der Waals surface area contributed by atoms with Crippen LogP contribution in [0.15, 0.2) is 0 Å². The summed E-state index contributed by atoms with van der Waals surface area (Å²) in [7, 11) is 0. The first kappa shape index (κ1) is 15.4. The van der Waals surface area contributed by atoms with Crippen LogP contribution < -0.4 is 0 Å². The number of hydrogen-bond acceptors (Lipinski definition) is 2. The largest absolute Gasteiger partial charge is 0.393 e. The van der Waals surface area contributed by atoms with Gasteiger partial charge in [-0.2, -0.15) is 0 Å². The molecule has 4 saturated carbocycles. The molecule has 4 fully saturated rings. The molecule has 0 aromatic rings. The van der Waals surface area contributed by atoms with Crippen LogP contribution in [0, 0.1) is 34.0 Å². The highest BCUT2D eigenvalue weighted by Crippen LogP contribution is 2.71. The van der Waals surface area contributed by atoms with Crippen molar-refractivity contribution in [2.75, 3.05) is 0 Å². The number of fused-ring (bicyclic) bond motifs is 5. The van der Waals surface area contributed by atoms with Gasteiger partial charge in [-0.15, -0.1) is 0 Å². The maximum Gasteiger partial charge on any atom is 0.0596 e. The zero-order valence-electron chi connectivity index (χ0n) is 14.6. The van der Waals surface area contributed by atoms with Crippen molar-refractivity contribution in [2.24, 2.45) is 34.0 Å². The third kappa shape index (κ3) is 1.80. The van der Waals surface area contributed by atoms with Crippen molar-refractivity contribution in [1.29, 1.82) is 0 Å². The van der Waals surface area contributed by atoms with Gasteiger partial charge in [0.25, 0.3) is 0 Å². The van der Waals surface area contributed by atoms with Crippen LogP contribution in [0.1, 0.15) is 78.6 Å². The van der Waals surface area contributed by atoms with Gasteiger partial charge in [0.15, 0.2) is 0 Å². The molecule has 2 nitrogen and oxygen atoms in total. The molecule has 0 heterocycles. The van der Waals surface area contributed by atoms with Crippen LogP contribution in [0.25, 0.3) is 0 Å². The Morgan fingerprint density at radius 2 is 1.32 bits per heavy atom. The van der Waals surface area contributed by atoms with Crippen LogP contribution in [0.5, 0.6) is 0 Å². The summed E-state index contributed by atoms with van der Waals surface area (Å²) < 4.78 is 0. The lowest BCUT2D eigenvalue weighted by Gasteiger charge is -2.65. The van der Waals surface area contributed by atoms with Crippen LogP contribution >= 0.6 is 0 Å².